The summed E-state index contributed by atoms with van der Waals surface area (Å²) in [6.07, 6.45) is 3.41. The molecule has 0 heterocycles. The van der Waals surface area contributed by atoms with Crippen molar-refractivity contribution in [3.05, 3.63) is 69.8 Å². The Labute approximate surface area is 197 Å². The lowest BCUT2D eigenvalue weighted by atomic mass is 9.83. The molecule has 0 aliphatic rings. The highest BCUT2D eigenvalue weighted by Crippen LogP contribution is 2.36. The lowest BCUT2D eigenvalue weighted by Gasteiger charge is -2.19. The van der Waals surface area contributed by atoms with Crippen LogP contribution in [-0.4, -0.2) is 44.3 Å². The van der Waals surface area contributed by atoms with Crippen LogP contribution in [0.3, 0.4) is 0 Å². The molecule has 0 fully saturated rings. The van der Waals surface area contributed by atoms with E-state index in [1.807, 2.05) is 13.8 Å². The molecule has 2 rings (SSSR count). The highest BCUT2D eigenvalue weighted by Gasteiger charge is 2.32. The minimum Gasteiger partial charge on any atom is -0.478 e. The van der Waals surface area contributed by atoms with Gasteiger partial charge in [-0.05, 0) is 48.9 Å². The first-order valence-corrected chi connectivity index (χ1v) is 11.1. The van der Waals surface area contributed by atoms with Crippen LogP contribution in [0.1, 0.15) is 82.5 Å². The van der Waals surface area contributed by atoms with Crippen molar-refractivity contribution in [3.63, 3.8) is 0 Å². The number of carboxylic acid groups (broad SMARTS) is 4. The van der Waals surface area contributed by atoms with Crippen molar-refractivity contribution in [2.75, 3.05) is 0 Å². The number of carboxylic acids is 4. The van der Waals surface area contributed by atoms with Crippen molar-refractivity contribution < 1.29 is 39.6 Å². The first-order chi connectivity index (χ1) is 16.1. The van der Waals surface area contributed by atoms with Gasteiger partial charge in [0, 0.05) is 11.1 Å². The normalized spacial score (nSPS) is 11.6. The van der Waals surface area contributed by atoms with E-state index in [1.54, 1.807) is 12.1 Å². The van der Waals surface area contributed by atoms with Crippen LogP contribution in [0.15, 0.2) is 36.4 Å². The Morgan fingerprint density at radius 1 is 0.618 bits per heavy atom. The number of aliphatic carboxylic acids is 2. The Balaban J connectivity index is 3.11. The number of carbonyl (C=O) groups is 4. The molecule has 0 atom stereocenters. The van der Waals surface area contributed by atoms with E-state index >= 15 is 0 Å². The minimum absolute atomic E-state index is 0.213. The van der Waals surface area contributed by atoms with Gasteiger partial charge in [-0.3, -0.25) is 0 Å². The van der Waals surface area contributed by atoms with Gasteiger partial charge in [0.25, 0.3) is 0 Å². The molecule has 0 radical (unpaired) electrons. The fourth-order valence-corrected chi connectivity index (χ4v) is 3.98. The van der Waals surface area contributed by atoms with E-state index in [9.17, 15) is 39.6 Å². The van der Waals surface area contributed by atoms with Gasteiger partial charge >= 0.3 is 23.9 Å². The number of rotatable bonds is 12. The van der Waals surface area contributed by atoms with Crippen LogP contribution < -0.4 is 0 Å². The molecule has 0 amide bonds. The van der Waals surface area contributed by atoms with Crippen molar-refractivity contribution in [3.8, 4) is 0 Å². The topological polar surface area (TPSA) is 149 Å². The summed E-state index contributed by atoms with van der Waals surface area (Å²) in [5, 5.41) is 40.0. The molecular weight excluding hydrogens is 440 g/mol. The van der Waals surface area contributed by atoms with Gasteiger partial charge in [0.1, 0.15) is 0 Å². The average Bonchev–Trinajstić information content (AvgIpc) is 2.78. The van der Waals surface area contributed by atoms with Crippen LogP contribution in [0.2, 0.25) is 0 Å². The second-order valence-electron chi connectivity index (χ2n) is 7.86. The summed E-state index contributed by atoms with van der Waals surface area (Å²) in [4.78, 5) is 49.2. The monoisotopic (exact) mass is 468 g/mol. The summed E-state index contributed by atoms with van der Waals surface area (Å²) in [7, 11) is 0. The highest BCUT2D eigenvalue weighted by atomic mass is 16.4. The summed E-state index contributed by atoms with van der Waals surface area (Å²) in [6.45, 7) is 3.83. The molecule has 0 aliphatic carbocycles. The number of aromatic carboxylic acids is 2. The molecule has 2 aromatic rings. The van der Waals surface area contributed by atoms with Gasteiger partial charge in [-0.15, -0.1) is 0 Å². The van der Waals surface area contributed by atoms with Crippen molar-refractivity contribution in [1.29, 1.82) is 0 Å². The number of hydrogen-bond acceptors (Lipinski definition) is 4. The Morgan fingerprint density at radius 3 is 1.24 bits per heavy atom. The molecule has 0 unspecified atom stereocenters. The Hall–Kier alpha value is -3.94. The SMILES string of the molecule is CCCCc1cccc(C(=O)O)c1/C(C(=O)O)=C(/C(=O)O)c1c(CCCC)cccc1C(=O)O. The second-order valence-corrected chi connectivity index (χ2v) is 7.86. The third-order valence-electron chi connectivity index (χ3n) is 5.54. The summed E-state index contributed by atoms with van der Waals surface area (Å²) in [5.74, 6) is -6.11. The Kier molecular flexibility index (Phi) is 9.12. The maximum Gasteiger partial charge on any atom is 0.337 e. The van der Waals surface area contributed by atoms with Gasteiger partial charge in [-0.25, -0.2) is 19.2 Å². The molecular formula is C26H28O8. The van der Waals surface area contributed by atoms with Gasteiger partial charge in [0.15, 0.2) is 0 Å². The number of hydrogen-bond donors (Lipinski definition) is 4. The molecule has 0 aromatic heterocycles. The second kappa shape index (κ2) is 11.8. The lowest BCUT2D eigenvalue weighted by Crippen LogP contribution is -2.18. The zero-order valence-corrected chi connectivity index (χ0v) is 19.1. The van der Waals surface area contributed by atoms with Gasteiger partial charge in [0.2, 0.25) is 0 Å². The van der Waals surface area contributed by atoms with Crippen molar-refractivity contribution in [2.45, 2.75) is 52.4 Å². The van der Waals surface area contributed by atoms with E-state index in [1.165, 1.54) is 24.3 Å². The molecule has 0 bridgehead atoms. The molecule has 0 aliphatic heterocycles. The van der Waals surface area contributed by atoms with E-state index in [4.69, 9.17) is 0 Å². The largest absolute Gasteiger partial charge is 0.478 e. The Bertz CT molecular complexity index is 1050. The van der Waals surface area contributed by atoms with Crippen molar-refractivity contribution >= 4 is 35.0 Å². The maximum absolute atomic E-state index is 12.6. The fraction of sp³-hybridized carbons (Fsp3) is 0.308. The standard InChI is InChI=1S/C26H28O8/c1-3-5-9-15-11-7-13-17(23(27)28)19(15)21(25(31)32)22(26(33)34)20-16(10-6-4-2)12-8-14-18(20)24(29)30/h7-8,11-14H,3-6,9-10H2,1-2H3,(H,27,28)(H,29,30)(H,31,32)(H,33,34)/b22-21-. The van der Waals surface area contributed by atoms with Gasteiger partial charge < -0.3 is 20.4 Å². The van der Waals surface area contributed by atoms with Crippen LogP contribution in [-0.2, 0) is 22.4 Å². The molecule has 8 heteroatoms. The number of benzene rings is 2. The smallest absolute Gasteiger partial charge is 0.337 e. The van der Waals surface area contributed by atoms with E-state index < -0.39 is 35.0 Å². The Morgan fingerprint density at radius 2 is 0.971 bits per heavy atom. The summed E-state index contributed by atoms with van der Waals surface area (Å²) >= 11 is 0. The van der Waals surface area contributed by atoms with Crippen LogP contribution in [0.25, 0.3) is 11.1 Å². The van der Waals surface area contributed by atoms with E-state index in [-0.39, 0.29) is 22.3 Å². The summed E-state index contributed by atoms with van der Waals surface area (Å²) in [6, 6.07) is 8.54. The predicted molar refractivity (Wildman–Crippen MR) is 126 cm³/mol. The molecule has 2 aromatic carbocycles. The van der Waals surface area contributed by atoms with Gasteiger partial charge in [0.05, 0.1) is 22.3 Å². The van der Waals surface area contributed by atoms with E-state index in [0.29, 0.717) is 36.8 Å². The molecule has 34 heavy (non-hydrogen) atoms. The highest BCUT2D eigenvalue weighted by molar-refractivity contribution is 6.38. The van der Waals surface area contributed by atoms with Gasteiger partial charge in [-0.1, -0.05) is 51.0 Å². The number of aryl methyl sites for hydroxylation is 2. The van der Waals surface area contributed by atoms with E-state index in [0.717, 1.165) is 12.8 Å². The fourth-order valence-electron chi connectivity index (χ4n) is 3.98. The van der Waals surface area contributed by atoms with Crippen molar-refractivity contribution in [1.82, 2.24) is 0 Å². The summed E-state index contributed by atoms with van der Waals surface area (Å²) < 4.78 is 0. The first kappa shape index (κ1) is 26.3. The van der Waals surface area contributed by atoms with Crippen LogP contribution in [0.4, 0.5) is 0 Å². The zero-order chi connectivity index (χ0) is 25.4. The predicted octanol–water partition coefficient (Wildman–Crippen LogP) is 4.85. The lowest BCUT2D eigenvalue weighted by molar-refractivity contribution is -0.132. The zero-order valence-electron chi connectivity index (χ0n) is 19.1. The van der Waals surface area contributed by atoms with E-state index in [2.05, 4.69) is 0 Å². The van der Waals surface area contributed by atoms with Crippen LogP contribution >= 0.6 is 0 Å². The summed E-state index contributed by atoms with van der Waals surface area (Å²) in [5.41, 5.74) is -1.85. The quantitative estimate of drug-likeness (QED) is 0.255. The third kappa shape index (κ3) is 5.70. The molecule has 0 saturated carbocycles. The molecule has 8 nitrogen and oxygen atoms in total. The van der Waals surface area contributed by atoms with Crippen LogP contribution in [0, 0.1) is 0 Å². The molecule has 4 N–H and O–H groups in total. The average molecular weight is 469 g/mol. The van der Waals surface area contributed by atoms with Gasteiger partial charge in [-0.2, -0.15) is 0 Å². The molecule has 0 saturated heterocycles. The minimum atomic E-state index is -1.65. The maximum atomic E-state index is 12.6. The molecule has 180 valence electrons. The third-order valence-corrected chi connectivity index (χ3v) is 5.54. The van der Waals surface area contributed by atoms with Crippen molar-refractivity contribution in [2.24, 2.45) is 0 Å². The molecule has 0 spiro atoms. The number of unbranched alkanes of at least 4 members (excludes halogenated alkanes) is 2. The van der Waals surface area contributed by atoms with Crippen LogP contribution in [0.5, 0.6) is 0 Å². The first-order valence-electron chi connectivity index (χ1n) is 11.1.